The van der Waals surface area contributed by atoms with Crippen molar-refractivity contribution in [3.8, 4) is 0 Å². The van der Waals surface area contributed by atoms with Crippen LogP contribution >= 0.6 is 0 Å². The van der Waals surface area contributed by atoms with Crippen molar-refractivity contribution in [3.63, 3.8) is 0 Å². The molecule has 1 heterocycles. The average Bonchev–Trinajstić information content (AvgIpc) is 2.14. The molecule has 5 N–H and O–H groups in total. The molecule has 3 heteroatoms. The Morgan fingerprint density at radius 1 is 1.62 bits per heavy atom. The summed E-state index contributed by atoms with van der Waals surface area (Å²) >= 11 is 0. The van der Waals surface area contributed by atoms with Gasteiger partial charge in [0.1, 0.15) is 0 Å². The van der Waals surface area contributed by atoms with Crippen LogP contribution in [-0.2, 0) is 0 Å². The summed E-state index contributed by atoms with van der Waals surface area (Å²) in [6.07, 6.45) is 1.04. The van der Waals surface area contributed by atoms with Crippen molar-refractivity contribution in [3.05, 3.63) is 0 Å². The highest BCUT2D eigenvalue weighted by Crippen LogP contribution is 2.00. The summed E-state index contributed by atoms with van der Waals surface area (Å²) in [6.45, 7) is 1.65. The lowest BCUT2D eigenvalue weighted by Crippen LogP contribution is -2.29. The first-order valence-electron chi connectivity index (χ1n) is 3.02. The van der Waals surface area contributed by atoms with Crippen LogP contribution in [-0.4, -0.2) is 25.2 Å². The molecule has 3 nitrogen and oxygen atoms in total. The van der Waals surface area contributed by atoms with E-state index >= 15 is 0 Å². The van der Waals surface area contributed by atoms with Crippen molar-refractivity contribution in [1.82, 2.24) is 5.32 Å². The number of nitrogens with one attached hydrogen (secondary N) is 1. The molecular weight excluding hydrogens is 102 g/mol. The van der Waals surface area contributed by atoms with Gasteiger partial charge in [0.2, 0.25) is 0 Å². The number of hydrogen-bond acceptors (Lipinski definition) is 3. The molecule has 48 valence electrons. The van der Waals surface area contributed by atoms with Gasteiger partial charge in [-0.05, 0) is 6.42 Å². The molecule has 2 unspecified atom stereocenters. The Bertz CT molecular complexity index is 74.1. The van der Waals surface area contributed by atoms with Gasteiger partial charge in [0.15, 0.2) is 0 Å². The molecule has 1 aliphatic heterocycles. The van der Waals surface area contributed by atoms with E-state index in [0.29, 0.717) is 18.6 Å². The lowest BCUT2D eigenvalue weighted by Gasteiger charge is -2.02. The third kappa shape index (κ3) is 1.18. The van der Waals surface area contributed by atoms with Crippen molar-refractivity contribution < 1.29 is 0 Å². The number of nitrogens with two attached hydrogens (primary N) is 2. The summed E-state index contributed by atoms with van der Waals surface area (Å²) in [5.74, 6) is 0. The van der Waals surface area contributed by atoms with E-state index in [0.717, 1.165) is 13.0 Å². The summed E-state index contributed by atoms with van der Waals surface area (Å²) in [6, 6.07) is 0.813. The molecule has 1 aliphatic rings. The van der Waals surface area contributed by atoms with Crippen LogP contribution in [0, 0.1) is 0 Å². The smallest absolute Gasteiger partial charge is 0.0206 e. The second kappa shape index (κ2) is 2.44. The van der Waals surface area contributed by atoms with E-state index in [9.17, 15) is 0 Å². The molecule has 0 aromatic heterocycles. The maximum Gasteiger partial charge on any atom is 0.0206 e. The molecule has 1 rings (SSSR count). The normalized spacial score (nSPS) is 38.2. The molecule has 0 bridgehead atoms. The van der Waals surface area contributed by atoms with Crippen molar-refractivity contribution in [2.24, 2.45) is 11.5 Å². The van der Waals surface area contributed by atoms with Crippen LogP contribution in [0.25, 0.3) is 0 Å². The van der Waals surface area contributed by atoms with E-state index in [-0.39, 0.29) is 0 Å². The van der Waals surface area contributed by atoms with E-state index in [1.165, 1.54) is 0 Å². The van der Waals surface area contributed by atoms with E-state index < -0.39 is 0 Å². The average molecular weight is 115 g/mol. The number of hydrogen-bond donors (Lipinski definition) is 3. The summed E-state index contributed by atoms with van der Waals surface area (Å²) in [4.78, 5) is 0. The zero-order valence-corrected chi connectivity index (χ0v) is 4.93. The highest BCUT2D eigenvalue weighted by Gasteiger charge is 2.18. The van der Waals surface area contributed by atoms with Gasteiger partial charge in [0, 0.05) is 25.2 Å². The van der Waals surface area contributed by atoms with Gasteiger partial charge in [-0.15, -0.1) is 0 Å². The molecule has 0 amide bonds. The largest absolute Gasteiger partial charge is 0.329 e. The van der Waals surface area contributed by atoms with Gasteiger partial charge in [-0.2, -0.15) is 0 Å². The van der Waals surface area contributed by atoms with Gasteiger partial charge in [0.05, 0.1) is 0 Å². The molecule has 0 saturated carbocycles. The fourth-order valence-corrected chi connectivity index (χ4v) is 1.03. The highest BCUT2D eigenvalue weighted by molar-refractivity contribution is 4.83. The molecule has 1 saturated heterocycles. The first-order chi connectivity index (χ1) is 3.83. The Kier molecular flexibility index (Phi) is 1.83. The monoisotopic (exact) mass is 115 g/mol. The molecule has 0 aromatic rings. The summed E-state index contributed by atoms with van der Waals surface area (Å²) in [7, 11) is 0. The van der Waals surface area contributed by atoms with Crippen LogP contribution in [0.4, 0.5) is 0 Å². The quantitative estimate of drug-likeness (QED) is 0.395. The van der Waals surface area contributed by atoms with Gasteiger partial charge in [0.25, 0.3) is 0 Å². The number of rotatable bonds is 1. The topological polar surface area (TPSA) is 64.1 Å². The standard InChI is InChI=1S/C5H13N3/c6-2-5-1-4(7)3-8-5/h4-5,8H,1-3,6-7H2. The van der Waals surface area contributed by atoms with Gasteiger partial charge >= 0.3 is 0 Å². The molecular formula is C5H13N3. The fraction of sp³-hybridized carbons (Fsp3) is 1.00. The van der Waals surface area contributed by atoms with E-state index in [4.69, 9.17) is 11.5 Å². The van der Waals surface area contributed by atoms with Crippen LogP contribution in [0.2, 0.25) is 0 Å². The van der Waals surface area contributed by atoms with E-state index in [1.807, 2.05) is 0 Å². The summed E-state index contributed by atoms with van der Waals surface area (Å²) < 4.78 is 0. The minimum atomic E-state index is 0.337. The predicted molar refractivity (Wildman–Crippen MR) is 33.4 cm³/mol. The lowest BCUT2D eigenvalue weighted by molar-refractivity contribution is 0.610. The summed E-state index contributed by atoms with van der Waals surface area (Å²) in [5.41, 5.74) is 11.0. The van der Waals surface area contributed by atoms with E-state index in [2.05, 4.69) is 5.32 Å². The second-order valence-corrected chi connectivity index (χ2v) is 2.34. The van der Waals surface area contributed by atoms with Crippen molar-refractivity contribution in [1.29, 1.82) is 0 Å². The summed E-state index contributed by atoms with van der Waals surface area (Å²) in [5, 5.41) is 3.21. The molecule has 2 atom stereocenters. The SMILES string of the molecule is NCC1CC(N)CN1. The maximum absolute atomic E-state index is 5.58. The molecule has 8 heavy (non-hydrogen) atoms. The van der Waals surface area contributed by atoms with Gasteiger partial charge < -0.3 is 16.8 Å². The minimum Gasteiger partial charge on any atom is -0.329 e. The molecule has 0 aromatic carbocycles. The maximum atomic E-state index is 5.58. The fourth-order valence-electron chi connectivity index (χ4n) is 1.03. The lowest BCUT2D eigenvalue weighted by atomic mass is 10.2. The molecule has 0 radical (unpaired) electrons. The van der Waals surface area contributed by atoms with Crippen LogP contribution in [0.1, 0.15) is 6.42 Å². The zero-order valence-electron chi connectivity index (χ0n) is 4.93. The Balaban J connectivity index is 2.22. The van der Waals surface area contributed by atoms with Crippen molar-refractivity contribution in [2.45, 2.75) is 18.5 Å². The Morgan fingerprint density at radius 2 is 2.38 bits per heavy atom. The molecule has 0 spiro atoms. The van der Waals surface area contributed by atoms with Gasteiger partial charge in [-0.3, -0.25) is 0 Å². The first-order valence-corrected chi connectivity index (χ1v) is 3.02. The van der Waals surface area contributed by atoms with Crippen LogP contribution < -0.4 is 16.8 Å². The van der Waals surface area contributed by atoms with E-state index in [1.54, 1.807) is 0 Å². The molecule has 0 aliphatic carbocycles. The predicted octanol–water partition coefficient (Wildman–Crippen LogP) is -1.37. The minimum absolute atomic E-state index is 0.337. The molecule has 1 fully saturated rings. The van der Waals surface area contributed by atoms with Crippen molar-refractivity contribution >= 4 is 0 Å². The van der Waals surface area contributed by atoms with Crippen LogP contribution in [0.5, 0.6) is 0 Å². The van der Waals surface area contributed by atoms with Gasteiger partial charge in [-0.25, -0.2) is 0 Å². The third-order valence-electron chi connectivity index (χ3n) is 1.54. The Labute approximate surface area is 49.4 Å². The Morgan fingerprint density at radius 3 is 2.62 bits per heavy atom. The van der Waals surface area contributed by atoms with Crippen LogP contribution in [0.15, 0.2) is 0 Å². The third-order valence-corrected chi connectivity index (χ3v) is 1.54. The van der Waals surface area contributed by atoms with Gasteiger partial charge in [-0.1, -0.05) is 0 Å². The Hall–Kier alpha value is -0.120. The first kappa shape index (κ1) is 6.01. The van der Waals surface area contributed by atoms with Crippen LogP contribution in [0.3, 0.4) is 0 Å². The second-order valence-electron chi connectivity index (χ2n) is 2.34. The zero-order chi connectivity index (χ0) is 5.98. The highest BCUT2D eigenvalue weighted by atomic mass is 15.0. The van der Waals surface area contributed by atoms with Crippen molar-refractivity contribution in [2.75, 3.05) is 13.1 Å².